The number of allylic oxidation sites excluding steroid dienone is 1. The van der Waals surface area contributed by atoms with E-state index >= 15 is 0 Å². The fourth-order valence-electron chi connectivity index (χ4n) is 2.12. The fraction of sp³-hybridized carbons (Fsp3) is 0.474. The van der Waals surface area contributed by atoms with Crippen molar-refractivity contribution >= 4 is 5.97 Å². The van der Waals surface area contributed by atoms with Gasteiger partial charge in [-0.25, -0.2) is 4.79 Å². The lowest BCUT2D eigenvalue weighted by Gasteiger charge is -2.02. The molecule has 0 saturated carbocycles. The van der Waals surface area contributed by atoms with E-state index in [2.05, 4.69) is 13.0 Å². The molecule has 0 heterocycles. The van der Waals surface area contributed by atoms with Crippen molar-refractivity contribution in [3.63, 3.8) is 0 Å². The minimum absolute atomic E-state index is 0.300. The van der Waals surface area contributed by atoms with Gasteiger partial charge >= 0.3 is 5.97 Å². The number of unbranched alkanes of at least 4 members (excludes halogenated alkanes) is 6. The number of esters is 1. The Balaban J connectivity index is 2.11. The van der Waals surface area contributed by atoms with Gasteiger partial charge in [0.2, 0.25) is 0 Å². The van der Waals surface area contributed by atoms with Crippen LogP contribution >= 0.6 is 0 Å². The zero-order valence-electron chi connectivity index (χ0n) is 13.4. The molecule has 0 unspecified atom stereocenters. The molecule has 3 heteroatoms. The molecule has 0 N–H and O–H groups in total. The highest BCUT2D eigenvalue weighted by atomic mass is 16.5. The number of carbonyl (C=O) groups is 1. The smallest absolute Gasteiger partial charge is 0.338 e. The SMILES string of the molecule is CCCCCCCC/C=C/COC(=O)c1ccc(C#N)cc1. The molecule has 1 aromatic carbocycles. The van der Waals surface area contributed by atoms with E-state index in [1.807, 2.05) is 12.1 Å². The molecule has 0 bridgehead atoms. The van der Waals surface area contributed by atoms with E-state index in [0.29, 0.717) is 17.7 Å². The van der Waals surface area contributed by atoms with Gasteiger partial charge in [0, 0.05) is 0 Å². The number of hydrogen-bond donors (Lipinski definition) is 0. The molecule has 3 nitrogen and oxygen atoms in total. The topological polar surface area (TPSA) is 50.1 Å². The molecule has 0 amide bonds. The van der Waals surface area contributed by atoms with Crippen LogP contribution in [0.5, 0.6) is 0 Å². The fourth-order valence-corrected chi connectivity index (χ4v) is 2.12. The summed E-state index contributed by atoms with van der Waals surface area (Å²) in [6, 6.07) is 8.47. The van der Waals surface area contributed by atoms with Crippen molar-refractivity contribution in [1.29, 1.82) is 5.26 Å². The summed E-state index contributed by atoms with van der Waals surface area (Å²) in [7, 11) is 0. The molecule has 0 fully saturated rings. The van der Waals surface area contributed by atoms with E-state index in [9.17, 15) is 4.79 Å². The molecule has 0 spiro atoms. The van der Waals surface area contributed by atoms with Crippen LogP contribution in [0, 0.1) is 11.3 Å². The standard InChI is InChI=1S/C19H25NO2/c1-2-3-4-5-6-7-8-9-10-15-22-19(21)18-13-11-17(16-20)12-14-18/h9-14H,2-8,15H2,1H3/b10-9+. The molecule has 0 saturated heterocycles. The maximum Gasteiger partial charge on any atom is 0.338 e. The van der Waals surface area contributed by atoms with Gasteiger partial charge < -0.3 is 4.74 Å². The van der Waals surface area contributed by atoms with Gasteiger partial charge in [0.1, 0.15) is 6.61 Å². The highest BCUT2D eigenvalue weighted by molar-refractivity contribution is 5.89. The maximum atomic E-state index is 11.7. The van der Waals surface area contributed by atoms with Crippen molar-refractivity contribution in [3.8, 4) is 6.07 Å². The molecule has 0 aliphatic heterocycles. The Hall–Kier alpha value is -2.08. The van der Waals surface area contributed by atoms with Crippen molar-refractivity contribution in [2.24, 2.45) is 0 Å². The van der Waals surface area contributed by atoms with Gasteiger partial charge in [0.15, 0.2) is 0 Å². The Kier molecular flexibility index (Phi) is 9.45. The molecule has 22 heavy (non-hydrogen) atoms. The van der Waals surface area contributed by atoms with E-state index in [1.54, 1.807) is 24.3 Å². The van der Waals surface area contributed by atoms with Crippen LogP contribution in [0.3, 0.4) is 0 Å². The first-order chi connectivity index (χ1) is 10.8. The Morgan fingerprint density at radius 1 is 1.09 bits per heavy atom. The summed E-state index contributed by atoms with van der Waals surface area (Å²) in [5.74, 6) is -0.353. The molecule has 0 atom stereocenters. The van der Waals surface area contributed by atoms with E-state index < -0.39 is 0 Å². The summed E-state index contributed by atoms with van der Waals surface area (Å²) in [4.78, 5) is 11.7. The van der Waals surface area contributed by atoms with Crippen LogP contribution < -0.4 is 0 Å². The molecule has 1 aromatic rings. The molecular formula is C19H25NO2. The predicted octanol–water partition coefficient (Wildman–Crippen LogP) is 5.02. The molecular weight excluding hydrogens is 274 g/mol. The van der Waals surface area contributed by atoms with E-state index in [0.717, 1.165) is 6.42 Å². The second-order valence-electron chi connectivity index (χ2n) is 5.32. The highest BCUT2D eigenvalue weighted by Crippen LogP contribution is 2.07. The second kappa shape index (κ2) is 11.6. The third-order valence-corrected chi connectivity index (χ3v) is 3.45. The first-order valence-electron chi connectivity index (χ1n) is 8.10. The highest BCUT2D eigenvalue weighted by Gasteiger charge is 2.05. The first kappa shape index (κ1) is 18.0. The van der Waals surface area contributed by atoms with Crippen molar-refractivity contribution in [2.45, 2.75) is 51.9 Å². The number of nitrogens with zero attached hydrogens (tertiary/aromatic N) is 1. The summed E-state index contributed by atoms with van der Waals surface area (Å²) < 4.78 is 5.15. The molecule has 0 radical (unpaired) electrons. The summed E-state index contributed by atoms with van der Waals surface area (Å²) in [5.41, 5.74) is 1.01. The number of carbonyl (C=O) groups excluding carboxylic acids is 1. The van der Waals surface area contributed by atoms with Crippen molar-refractivity contribution in [3.05, 3.63) is 47.5 Å². The van der Waals surface area contributed by atoms with Gasteiger partial charge in [-0.1, -0.05) is 51.2 Å². The van der Waals surface area contributed by atoms with Crippen LogP contribution in [0.1, 0.15) is 67.8 Å². The first-order valence-corrected chi connectivity index (χ1v) is 8.10. The normalized spacial score (nSPS) is 10.5. The van der Waals surface area contributed by atoms with E-state index in [1.165, 1.54) is 38.5 Å². The Labute approximate surface area is 133 Å². The van der Waals surface area contributed by atoms with Gasteiger partial charge in [-0.3, -0.25) is 0 Å². The molecule has 0 aliphatic rings. The lowest BCUT2D eigenvalue weighted by Crippen LogP contribution is -2.04. The van der Waals surface area contributed by atoms with Crippen molar-refractivity contribution < 1.29 is 9.53 Å². The largest absolute Gasteiger partial charge is 0.458 e. The van der Waals surface area contributed by atoms with Crippen molar-refractivity contribution in [2.75, 3.05) is 6.61 Å². The quantitative estimate of drug-likeness (QED) is 0.346. The molecule has 1 rings (SSSR count). The summed E-state index contributed by atoms with van der Waals surface area (Å²) >= 11 is 0. The molecule has 0 aromatic heterocycles. The number of hydrogen-bond acceptors (Lipinski definition) is 3. The van der Waals surface area contributed by atoms with Crippen LogP contribution in [0.25, 0.3) is 0 Å². The molecule has 118 valence electrons. The monoisotopic (exact) mass is 299 g/mol. The van der Waals surface area contributed by atoms with E-state index in [4.69, 9.17) is 10.00 Å². The van der Waals surface area contributed by atoms with Crippen LogP contribution in [0.15, 0.2) is 36.4 Å². The maximum absolute atomic E-state index is 11.7. The number of rotatable bonds is 10. The average molecular weight is 299 g/mol. The lowest BCUT2D eigenvalue weighted by atomic mass is 10.1. The minimum Gasteiger partial charge on any atom is -0.458 e. The van der Waals surface area contributed by atoms with Crippen LogP contribution in [0.2, 0.25) is 0 Å². The Bertz CT molecular complexity index is 497. The zero-order chi connectivity index (χ0) is 16.0. The summed E-state index contributed by atoms with van der Waals surface area (Å²) in [5, 5.41) is 8.70. The van der Waals surface area contributed by atoms with Crippen LogP contribution in [0.4, 0.5) is 0 Å². The zero-order valence-corrected chi connectivity index (χ0v) is 13.4. The molecule has 0 aliphatic carbocycles. The van der Waals surface area contributed by atoms with Crippen LogP contribution in [-0.4, -0.2) is 12.6 Å². The lowest BCUT2D eigenvalue weighted by molar-refractivity contribution is 0.0549. The van der Waals surface area contributed by atoms with Gasteiger partial charge in [-0.2, -0.15) is 5.26 Å². The number of benzene rings is 1. The predicted molar refractivity (Wildman–Crippen MR) is 88.6 cm³/mol. The third kappa shape index (κ3) is 7.64. The van der Waals surface area contributed by atoms with Gasteiger partial charge in [0.25, 0.3) is 0 Å². The van der Waals surface area contributed by atoms with Gasteiger partial charge in [0.05, 0.1) is 17.2 Å². The average Bonchev–Trinajstić information content (AvgIpc) is 2.56. The third-order valence-electron chi connectivity index (χ3n) is 3.45. The van der Waals surface area contributed by atoms with Crippen LogP contribution in [-0.2, 0) is 4.74 Å². The van der Waals surface area contributed by atoms with Gasteiger partial charge in [-0.15, -0.1) is 0 Å². The summed E-state index contributed by atoms with van der Waals surface area (Å²) in [6.07, 6.45) is 12.8. The van der Waals surface area contributed by atoms with Gasteiger partial charge in [-0.05, 0) is 37.1 Å². The number of nitriles is 1. The minimum atomic E-state index is -0.353. The Morgan fingerprint density at radius 3 is 2.45 bits per heavy atom. The van der Waals surface area contributed by atoms with E-state index in [-0.39, 0.29) is 5.97 Å². The second-order valence-corrected chi connectivity index (χ2v) is 5.32. The Morgan fingerprint density at radius 2 is 1.77 bits per heavy atom. The summed E-state index contributed by atoms with van der Waals surface area (Å²) in [6.45, 7) is 2.52. The van der Waals surface area contributed by atoms with Crippen molar-refractivity contribution in [1.82, 2.24) is 0 Å². The number of ether oxygens (including phenoxy) is 1.